The number of rotatable bonds is 5. The highest BCUT2D eigenvalue weighted by molar-refractivity contribution is 5.88. The molecular formula is C10H17N3O2. The molecule has 0 unspecified atom stereocenters. The molecule has 0 aromatic carbocycles. The molecule has 5 heteroatoms. The molecule has 1 heterocycles. The van der Waals surface area contributed by atoms with Crippen LogP contribution in [-0.2, 0) is 18.2 Å². The predicted molar refractivity (Wildman–Crippen MR) is 56.8 cm³/mol. The zero-order valence-corrected chi connectivity index (χ0v) is 9.41. The molecule has 15 heavy (non-hydrogen) atoms. The number of aromatic nitrogens is 2. The van der Waals surface area contributed by atoms with Crippen molar-refractivity contribution in [2.75, 3.05) is 20.2 Å². The summed E-state index contributed by atoms with van der Waals surface area (Å²) in [5.41, 5.74) is 1.35. The third-order valence-electron chi connectivity index (χ3n) is 2.02. The first kappa shape index (κ1) is 11.7. The molecule has 1 rings (SSSR count). The molecule has 0 amide bonds. The van der Waals surface area contributed by atoms with Crippen molar-refractivity contribution < 1.29 is 9.53 Å². The van der Waals surface area contributed by atoms with E-state index in [9.17, 15) is 4.79 Å². The van der Waals surface area contributed by atoms with Gasteiger partial charge in [0.1, 0.15) is 0 Å². The quantitative estimate of drug-likeness (QED) is 0.714. The van der Waals surface area contributed by atoms with Crippen molar-refractivity contribution in [3.8, 4) is 0 Å². The first-order valence-electron chi connectivity index (χ1n) is 5.03. The van der Waals surface area contributed by atoms with Crippen molar-refractivity contribution in [3.05, 3.63) is 17.5 Å². The van der Waals surface area contributed by atoms with Crippen molar-refractivity contribution >= 4 is 5.97 Å². The second-order valence-electron chi connectivity index (χ2n) is 3.25. The van der Waals surface area contributed by atoms with E-state index in [4.69, 9.17) is 4.74 Å². The van der Waals surface area contributed by atoms with Crippen LogP contribution in [0.25, 0.3) is 0 Å². The third kappa shape index (κ3) is 3.06. The minimum Gasteiger partial charge on any atom is -0.461 e. The van der Waals surface area contributed by atoms with Crippen LogP contribution in [0.5, 0.6) is 0 Å². The first-order chi connectivity index (χ1) is 7.19. The molecule has 84 valence electrons. The largest absolute Gasteiger partial charge is 0.461 e. The molecule has 1 aromatic heterocycles. The van der Waals surface area contributed by atoms with Crippen LogP contribution < -0.4 is 5.32 Å². The molecule has 0 atom stereocenters. The Balaban J connectivity index is 2.80. The summed E-state index contributed by atoms with van der Waals surface area (Å²) in [6.07, 6.45) is 2.63. The third-order valence-corrected chi connectivity index (χ3v) is 2.02. The summed E-state index contributed by atoms with van der Waals surface area (Å²) in [5.74, 6) is -0.343. The maximum atomic E-state index is 11.5. The van der Waals surface area contributed by atoms with Gasteiger partial charge >= 0.3 is 5.97 Å². The maximum absolute atomic E-state index is 11.5. The Labute approximate surface area is 89.4 Å². The van der Waals surface area contributed by atoms with Crippen LogP contribution in [0.15, 0.2) is 6.20 Å². The lowest BCUT2D eigenvalue weighted by Crippen LogP contribution is -2.13. The highest BCUT2D eigenvalue weighted by Gasteiger charge is 2.16. The predicted octanol–water partition coefficient (Wildman–Crippen LogP) is 0.359. The van der Waals surface area contributed by atoms with E-state index in [0.717, 1.165) is 18.5 Å². The smallest absolute Gasteiger partial charge is 0.359 e. The molecule has 1 N–H and O–H groups in total. The normalized spacial score (nSPS) is 10.3. The average Bonchev–Trinajstić information content (AvgIpc) is 2.57. The Hall–Kier alpha value is -1.36. The summed E-state index contributed by atoms with van der Waals surface area (Å²) in [6.45, 7) is 2.98. The molecule has 0 aliphatic heterocycles. The zero-order chi connectivity index (χ0) is 11.3. The van der Waals surface area contributed by atoms with E-state index in [1.807, 2.05) is 13.2 Å². The molecule has 0 saturated carbocycles. The Morgan fingerprint density at radius 3 is 3.00 bits per heavy atom. The fraction of sp³-hybridized carbons (Fsp3) is 0.600. The monoisotopic (exact) mass is 211 g/mol. The van der Waals surface area contributed by atoms with E-state index in [0.29, 0.717) is 12.3 Å². The van der Waals surface area contributed by atoms with Crippen LogP contribution >= 0.6 is 0 Å². The second kappa shape index (κ2) is 5.50. The van der Waals surface area contributed by atoms with Gasteiger partial charge in [-0.05, 0) is 26.9 Å². The highest BCUT2D eigenvalue weighted by Crippen LogP contribution is 2.08. The molecule has 0 radical (unpaired) electrons. The van der Waals surface area contributed by atoms with Crippen molar-refractivity contribution in [1.29, 1.82) is 0 Å². The van der Waals surface area contributed by atoms with Crippen LogP contribution in [0.1, 0.15) is 23.0 Å². The van der Waals surface area contributed by atoms with Gasteiger partial charge in [-0.1, -0.05) is 0 Å². The molecule has 0 aliphatic carbocycles. The fourth-order valence-electron chi connectivity index (χ4n) is 1.35. The van der Waals surface area contributed by atoms with Crippen molar-refractivity contribution in [2.24, 2.45) is 7.05 Å². The van der Waals surface area contributed by atoms with Gasteiger partial charge in [-0.2, -0.15) is 5.10 Å². The van der Waals surface area contributed by atoms with Gasteiger partial charge in [0.25, 0.3) is 0 Å². The van der Waals surface area contributed by atoms with E-state index in [1.54, 1.807) is 18.7 Å². The molecule has 0 fully saturated rings. The van der Waals surface area contributed by atoms with E-state index < -0.39 is 0 Å². The Morgan fingerprint density at radius 1 is 1.67 bits per heavy atom. The number of aryl methyl sites for hydroxylation is 1. The van der Waals surface area contributed by atoms with Crippen LogP contribution in [0.4, 0.5) is 0 Å². The Morgan fingerprint density at radius 2 is 2.40 bits per heavy atom. The minimum atomic E-state index is -0.343. The van der Waals surface area contributed by atoms with Gasteiger partial charge in [-0.25, -0.2) is 4.79 Å². The number of esters is 1. The number of hydrogen-bond acceptors (Lipinski definition) is 4. The number of hydrogen-bond donors (Lipinski definition) is 1. The van der Waals surface area contributed by atoms with Gasteiger partial charge in [0.05, 0.1) is 6.61 Å². The fourth-order valence-corrected chi connectivity index (χ4v) is 1.35. The number of nitrogens with one attached hydrogen (secondary N) is 1. The zero-order valence-electron chi connectivity index (χ0n) is 9.41. The van der Waals surface area contributed by atoms with E-state index in [1.165, 1.54) is 0 Å². The maximum Gasteiger partial charge on any atom is 0.359 e. The molecule has 0 bridgehead atoms. The van der Waals surface area contributed by atoms with Crippen molar-refractivity contribution in [2.45, 2.75) is 13.3 Å². The molecule has 0 spiro atoms. The van der Waals surface area contributed by atoms with E-state index in [2.05, 4.69) is 10.4 Å². The van der Waals surface area contributed by atoms with Crippen LogP contribution in [0.2, 0.25) is 0 Å². The highest BCUT2D eigenvalue weighted by atomic mass is 16.5. The summed E-state index contributed by atoms with van der Waals surface area (Å²) >= 11 is 0. The molecule has 0 aliphatic rings. The van der Waals surface area contributed by atoms with Crippen LogP contribution in [0.3, 0.4) is 0 Å². The lowest BCUT2D eigenvalue weighted by Gasteiger charge is -2.01. The van der Waals surface area contributed by atoms with E-state index in [-0.39, 0.29) is 5.97 Å². The summed E-state index contributed by atoms with van der Waals surface area (Å²) in [5, 5.41) is 7.13. The summed E-state index contributed by atoms with van der Waals surface area (Å²) in [7, 11) is 3.67. The first-order valence-corrected chi connectivity index (χ1v) is 5.03. The van der Waals surface area contributed by atoms with Crippen molar-refractivity contribution in [1.82, 2.24) is 15.1 Å². The number of carbonyl (C=O) groups excluding carboxylic acids is 1. The van der Waals surface area contributed by atoms with E-state index >= 15 is 0 Å². The Bertz CT molecular complexity index is 333. The number of carbonyl (C=O) groups is 1. The summed E-state index contributed by atoms with van der Waals surface area (Å²) in [6, 6.07) is 0. The molecule has 5 nitrogen and oxygen atoms in total. The summed E-state index contributed by atoms with van der Waals surface area (Å²) < 4.78 is 6.56. The summed E-state index contributed by atoms with van der Waals surface area (Å²) in [4.78, 5) is 11.5. The SMILES string of the molecule is CCOC(=O)c1nn(C)cc1CCNC. The van der Waals surface area contributed by atoms with Gasteiger partial charge < -0.3 is 10.1 Å². The Kier molecular flexibility index (Phi) is 4.30. The standard InChI is InChI=1S/C10H17N3O2/c1-4-15-10(14)9-8(5-6-11-2)7-13(3)12-9/h7,11H,4-6H2,1-3H3. The number of nitrogens with zero attached hydrogens (tertiary/aromatic N) is 2. The lowest BCUT2D eigenvalue weighted by atomic mass is 10.2. The van der Waals surface area contributed by atoms with Crippen molar-refractivity contribution in [3.63, 3.8) is 0 Å². The van der Waals surface area contributed by atoms with Gasteiger partial charge in [-0.3, -0.25) is 4.68 Å². The van der Waals surface area contributed by atoms with Crippen LogP contribution in [0, 0.1) is 0 Å². The minimum absolute atomic E-state index is 0.343. The average molecular weight is 211 g/mol. The van der Waals surface area contributed by atoms with Gasteiger partial charge in [0.2, 0.25) is 0 Å². The van der Waals surface area contributed by atoms with Gasteiger partial charge in [-0.15, -0.1) is 0 Å². The van der Waals surface area contributed by atoms with Gasteiger partial charge in [0.15, 0.2) is 5.69 Å². The number of ether oxygens (including phenoxy) is 1. The molecule has 0 saturated heterocycles. The van der Waals surface area contributed by atoms with Gasteiger partial charge in [0, 0.05) is 18.8 Å². The molecule has 1 aromatic rings. The van der Waals surface area contributed by atoms with Crippen LogP contribution in [-0.4, -0.2) is 35.9 Å². The molecular weight excluding hydrogens is 194 g/mol. The lowest BCUT2D eigenvalue weighted by molar-refractivity contribution is 0.0517. The second-order valence-corrected chi connectivity index (χ2v) is 3.25. The number of likely N-dealkylation sites (N-methyl/N-ethyl adjacent to an activating group) is 1. The topological polar surface area (TPSA) is 56.1 Å².